The summed E-state index contributed by atoms with van der Waals surface area (Å²) >= 11 is 17.5. The Kier molecular flexibility index (Phi) is 5.65. The Balaban J connectivity index is 1.96. The summed E-state index contributed by atoms with van der Waals surface area (Å²) in [6, 6.07) is 8.35. The number of nitrogens with one attached hydrogen (secondary N) is 1. The second kappa shape index (κ2) is 7.50. The van der Waals surface area contributed by atoms with E-state index in [-0.39, 0.29) is 23.1 Å². The van der Waals surface area contributed by atoms with Gasteiger partial charge < -0.3 is 10.1 Å². The molecule has 23 heavy (non-hydrogen) atoms. The molecule has 6 nitrogen and oxygen atoms in total. The van der Waals surface area contributed by atoms with Crippen LogP contribution < -0.4 is 10.1 Å². The lowest BCUT2D eigenvalue weighted by molar-refractivity contribution is -0.384. The molecule has 2 aromatic rings. The summed E-state index contributed by atoms with van der Waals surface area (Å²) in [6.45, 7) is -0.322. The van der Waals surface area contributed by atoms with Gasteiger partial charge >= 0.3 is 0 Å². The number of benzene rings is 2. The van der Waals surface area contributed by atoms with Gasteiger partial charge in [-0.25, -0.2) is 0 Å². The molecule has 0 atom stereocenters. The van der Waals surface area contributed by atoms with Gasteiger partial charge in [-0.1, -0.05) is 34.8 Å². The maximum absolute atomic E-state index is 11.8. The van der Waals surface area contributed by atoms with E-state index < -0.39 is 10.8 Å². The van der Waals surface area contributed by atoms with Crippen molar-refractivity contribution in [3.05, 3.63) is 61.6 Å². The van der Waals surface area contributed by atoms with Gasteiger partial charge in [0.15, 0.2) is 6.61 Å². The molecule has 1 amide bonds. The van der Waals surface area contributed by atoms with Gasteiger partial charge in [-0.15, -0.1) is 0 Å². The summed E-state index contributed by atoms with van der Waals surface area (Å²) in [5.41, 5.74) is 0.297. The normalized spacial score (nSPS) is 10.2. The third-order valence-corrected chi connectivity index (χ3v) is 3.72. The fraction of sp³-hybridized carbons (Fsp3) is 0.0714. The van der Waals surface area contributed by atoms with Crippen LogP contribution in [0.5, 0.6) is 5.75 Å². The molecule has 0 aliphatic rings. The lowest BCUT2D eigenvalue weighted by atomic mass is 10.3. The van der Waals surface area contributed by atoms with Crippen LogP contribution in [0.15, 0.2) is 36.4 Å². The van der Waals surface area contributed by atoms with Crippen molar-refractivity contribution in [1.82, 2.24) is 0 Å². The van der Waals surface area contributed by atoms with Crippen LogP contribution >= 0.6 is 34.8 Å². The van der Waals surface area contributed by atoms with Gasteiger partial charge in [0.25, 0.3) is 11.6 Å². The van der Waals surface area contributed by atoms with Crippen molar-refractivity contribution in [3.63, 3.8) is 0 Å². The fourth-order valence-electron chi connectivity index (χ4n) is 1.63. The lowest BCUT2D eigenvalue weighted by Crippen LogP contribution is -2.20. The van der Waals surface area contributed by atoms with Gasteiger partial charge in [0, 0.05) is 17.8 Å². The minimum Gasteiger partial charge on any atom is -0.482 e. The molecule has 0 fully saturated rings. The largest absolute Gasteiger partial charge is 0.482 e. The Labute approximate surface area is 146 Å². The highest BCUT2D eigenvalue weighted by Gasteiger charge is 2.12. The maximum Gasteiger partial charge on any atom is 0.271 e. The standard InChI is InChI=1S/C14H9Cl3N2O4/c15-10-3-1-8(5-11(10)16)18-14(20)7-23-13-4-2-9(19(21)22)6-12(13)17/h1-6H,7H2,(H,18,20). The topological polar surface area (TPSA) is 81.5 Å². The van der Waals surface area contributed by atoms with Crippen LogP contribution in [-0.2, 0) is 4.79 Å². The van der Waals surface area contributed by atoms with Gasteiger partial charge in [-0.05, 0) is 24.3 Å². The Hall–Kier alpha value is -2.02. The summed E-state index contributed by atoms with van der Waals surface area (Å²) < 4.78 is 5.23. The summed E-state index contributed by atoms with van der Waals surface area (Å²) in [6.07, 6.45) is 0. The van der Waals surface area contributed by atoms with Crippen molar-refractivity contribution in [2.45, 2.75) is 0 Å². The number of rotatable bonds is 5. The summed E-state index contributed by atoms with van der Waals surface area (Å²) in [4.78, 5) is 21.8. The molecule has 1 N–H and O–H groups in total. The summed E-state index contributed by atoms with van der Waals surface area (Å²) in [5, 5.41) is 13.9. The minimum absolute atomic E-state index is 0.0431. The maximum atomic E-state index is 11.8. The van der Waals surface area contributed by atoms with Gasteiger partial charge in [-0.2, -0.15) is 0 Å². The second-order valence-corrected chi connectivity index (χ2v) is 5.56. The first-order chi connectivity index (χ1) is 10.9. The van der Waals surface area contributed by atoms with Crippen LogP contribution in [0.25, 0.3) is 0 Å². The van der Waals surface area contributed by atoms with Crippen molar-refractivity contribution in [1.29, 1.82) is 0 Å². The molecular weight excluding hydrogens is 367 g/mol. The van der Waals surface area contributed by atoms with Gasteiger partial charge in [-0.3, -0.25) is 14.9 Å². The Morgan fingerprint density at radius 1 is 1.09 bits per heavy atom. The highest BCUT2D eigenvalue weighted by atomic mass is 35.5. The third-order valence-electron chi connectivity index (χ3n) is 2.69. The Morgan fingerprint density at radius 2 is 1.83 bits per heavy atom. The van der Waals surface area contributed by atoms with Crippen LogP contribution in [0.3, 0.4) is 0 Å². The van der Waals surface area contributed by atoms with Gasteiger partial charge in [0.2, 0.25) is 0 Å². The van der Waals surface area contributed by atoms with E-state index in [4.69, 9.17) is 39.5 Å². The first kappa shape index (κ1) is 17.3. The van der Waals surface area contributed by atoms with Crippen molar-refractivity contribution < 1.29 is 14.5 Å². The van der Waals surface area contributed by atoms with E-state index in [1.807, 2.05) is 0 Å². The number of carbonyl (C=O) groups is 1. The van der Waals surface area contributed by atoms with E-state index in [9.17, 15) is 14.9 Å². The molecule has 0 bridgehead atoms. The number of nitro groups is 1. The molecule has 0 aromatic heterocycles. The molecule has 0 saturated heterocycles. The highest BCUT2D eigenvalue weighted by molar-refractivity contribution is 6.42. The van der Waals surface area contributed by atoms with Crippen molar-refractivity contribution >= 4 is 52.1 Å². The SMILES string of the molecule is O=C(COc1ccc([N+](=O)[O-])cc1Cl)Nc1ccc(Cl)c(Cl)c1. The number of anilines is 1. The van der Waals surface area contributed by atoms with Crippen LogP contribution in [0.1, 0.15) is 0 Å². The number of carbonyl (C=O) groups excluding carboxylic acids is 1. The summed E-state index contributed by atoms with van der Waals surface area (Å²) in [5.74, 6) is -0.278. The van der Waals surface area contributed by atoms with E-state index in [2.05, 4.69) is 5.32 Å². The lowest BCUT2D eigenvalue weighted by Gasteiger charge is -2.09. The number of ether oxygens (including phenoxy) is 1. The number of nitro benzene ring substituents is 1. The van der Waals surface area contributed by atoms with Crippen LogP contribution in [0.2, 0.25) is 15.1 Å². The number of non-ortho nitro benzene ring substituents is 1. The van der Waals surface area contributed by atoms with E-state index in [1.54, 1.807) is 12.1 Å². The number of nitrogens with zero attached hydrogens (tertiary/aromatic N) is 1. The molecule has 0 heterocycles. The zero-order chi connectivity index (χ0) is 17.0. The predicted octanol–water partition coefficient (Wildman–Crippen LogP) is 4.57. The van der Waals surface area contributed by atoms with E-state index in [0.29, 0.717) is 15.7 Å². The van der Waals surface area contributed by atoms with E-state index >= 15 is 0 Å². The molecule has 120 valence electrons. The monoisotopic (exact) mass is 374 g/mol. The molecule has 0 saturated carbocycles. The first-order valence-corrected chi connectivity index (χ1v) is 7.32. The molecule has 0 spiro atoms. The first-order valence-electron chi connectivity index (χ1n) is 6.18. The Bertz CT molecular complexity index is 768. The molecule has 2 rings (SSSR count). The molecule has 9 heteroatoms. The molecule has 2 aromatic carbocycles. The van der Waals surface area contributed by atoms with Crippen LogP contribution in [0.4, 0.5) is 11.4 Å². The fourth-order valence-corrected chi connectivity index (χ4v) is 2.16. The average Bonchev–Trinajstić information content (AvgIpc) is 2.49. The van der Waals surface area contributed by atoms with Crippen LogP contribution in [-0.4, -0.2) is 17.4 Å². The quantitative estimate of drug-likeness (QED) is 0.613. The molecule has 0 radical (unpaired) electrons. The number of amides is 1. The zero-order valence-electron chi connectivity index (χ0n) is 11.4. The van der Waals surface area contributed by atoms with E-state index in [1.165, 1.54) is 18.2 Å². The number of hydrogen-bond donors (Lipinski definition) is 1. The van der Waals surface area contributed by atoms with Crippen molar-refractivity contribution in [3.8, 4) is 5.75 Å². The second-order valence-electron chi connectivity index (χ2n) is 4.34. The van der Waals surface area contributed by atoms with Crippen LogP contribution in [0, 0.1) is 10.1 Å². The minimum atomic E-state index is -0.577. The third kappa shape index (κ3) is 4.72. The van der Waals surface area contributed by atoms with Crippen molar-refractivity contribution in [2.24, 2.45) is 0 Å². The highest BCUT2D eigenvalue weighted by Crippen LogP contribution is 2.29. The summed E-state index contributed by atoms with van der Waals surface area (Å²) in [7, 11) is 0. The molecule has 0 unspecified atom stereocenters. The van der Waals surface area contributed by atoms with E-state index in [0.717, 1.165) is 6.07 Å². The van der Waals surface area contributed by atoms with Gasteiger partial charge in [0.1, 0.15) is 5.75 Å². The Morgan fingerprint density at radius 3 is 2.43 bits per heavy atom. The average molecular weight is 376 g/mol. The zero-order valence-corrected chi connectivity index (χ0v) is 13.7. The smallest absolute Gasteiger partial charge is 0.271 e. The molecule has 0 aliphatic carbocycles. The number of hydrogen-bond acceptors (Lipinski definition) is 4. The molecule has 0 aliphatic heterocycles. The van der Waals surface area contributed by atoms with Gasteiger partial charge in [0.05, 0.1) is 20.0 Å². The van der Waals surface area contributed by atoms with Crippen molar-refractivity contribution in [2.75, 3.05) is 11.9 Å². The number of halogens is 3. The predicted molar refractivity (Wildman–Crippen MR) is 88.7 cm³/mol. The molecular formula is C14H9Cl3N2O4.